The number of carbonyl (C=O) groups is 2. The lowest BCUT2D eigenvalue weighted by atomic mass is 10.0. The van der Waals surface area contributed by atoms with Crippen molar-refractivity contribution in [2.75, 3.05) is 6.61 Å². The molecule has 56 heavy (non-hydrogen) atoms. The standard InChI is InChI=1S/C50H99NO5/c1-4-7-10-13-16-18-20-22-23-24-25-27-28-30-33-36-39-42-48(53)47(45-52)51-49(54)44-46(41-38-35-32-15-12-9-6-3)56-50(55)43-40-37-34-31-29-26-21-19-17-14-11-8-5-2/h46-48,52-53H,4-45H2,1-3H3,(H,51,54). The Morgan fingerprint density at radius 2 is 0.750 bits per heavy atom. The predicted octanol–water partition coefficient (Wildman–Crippen LogP) is 14.8. The molecule has 0 aromatic carbocycles. The summed E-state index contributed by atoms with van der Waals surface area (Å²) in [7, 11) is 0. The minimum absolute atomic E-state index is 0.0858. The van der Waals surface area contributed by atoms with Crippen LogP contribution >= 0.6 is 0 Å². The fourth-order valence-corrected chi connectivity index (χ4v) is 8.08. The molecular weight excluding hydrogens is 695 g/mol. The average Bonchev–Trinajstić information content (AvgIpc) is 3.19. The highest BCUT2D eigenvalue weighted by Crippen LogP contribution is 2.18. The first-order valence-corrected chi connectivity index (χ1v) is 25.3. The molecule has 0 saturated carbocycles. The summed E-state index contributed by atoms with van der Waals surface area (Å²) in [4.78, 5) is 25.9. The van der Waals surface area contributed by atoms with Crippen LogP contribution in [0.3, 0.4) is 0 Å². The van der Waals surface area contributed by atoms with Crippen LogP contribution in [-0.4, -0.2) is 46.9 Å². The van der Waals surface area contributed by atoms with Gasteiger partial charge in [-0.2, -0.15) is 0 Å². The predicted molar refractivity (Wildman–Crippen MR) is 241 cm³/mol. The number of ether oxygens (including phenoxy) is 1. The van der Waals surface area contributed by atoms with Crippen molar-refractivity contribution >= 4 is 11.9 Å². The number of carbonyl (C=O) groups excluding carboxylic acids is 2. The second kappa shape index (κ2) is 45.0. The number of rotatable bonds is 46. The van der Waals surface area contributed by atoms with Gasteiger partial charge in [-0.3, -0.25) is 9.59 Å². The second-order valence-corrected chi connectivity index (χ2v) is 17.6. The first kappa shape index (κ1) is 54.9. The van der Waals surface area contributed by atoms with Crippen LogP contribution in [0.2, 0.25) is 0 Å². The lowest BCUT2D eigenvalue weighted by Gasteiger charge is -2.24. The van der Waals surface area contributed by atoms with Gasteiger partial charge in [-0.15, -0.1) is 0 Å². The van der Waals surface area contributed by atoms with Crippen LogP contribution < -0.4 is 5.32 Å². The lowest BCUT2D eigenvalue weighted by Crippen LogP contribution is -2.46. The highest BCUT2D eigenvalue weighted by Gasteiger charge is 2.24. The highest BCUT2D eigenvalue weighted by molar-refractivity contribution is 5.77. The molecule has 6 heteroatoms. The van der Waals surface area contributed by atoms with Crippen LogP contribution in [0.4, 0.5) is 0 Å². The lowest BCUT2D eigenvalue weighted by molar-refractivity contribution is -0.151. The molecule has 0 aliphatic carbocycles. The largest absolute Gasteiger partial charge is 0.462 e. The number of unbranched alkanes of at least 4 members (excludes halogenated alkanes) is 34. The van der Waals surface area contributed by atoms with Gasteiger partial charge in [0, 0.05) is 6.42 Å². The minimum atomic E-state index is -0.778. The Morgan fingerprint density at radius 1 is 0.446 bits per heavy atom. The summed E-state index contributed by atoms with van der Waals surface area (Å²) in [6.07, 6.45) is 47.5. The number of nitrogens with one attached hydrogen (secondary N) is 1. The van der Waals surface area contributed by atoms with Crippen molar-refractivity contribution in [2.24, 2.45) is 0 Å². The molecule has 3 atom stereocenters. The van der Waals surface area contributed by atoms with Gasteiger partial charge >= 0.3 is 5.97 Å². The molecule has 0 rings (SSSR count). The molecule has 3 N–H and O–H groups in total. The number of esters is 1. The summed E-state index contributed by atoms with van der Waals surface area (Å²) in [5.41, 5.74) is 0. The quantitative estimate of drug-likeness (QED) is 0.0421. The van der Waals surface area contributed by atoms with Gasteiger partial charge in [0.05, 0.1) is 25.2 Å². The smallest absolute Gasteiger partial charge is 0.306 e. The molecule has 1 amide bonds. The minimum Gasteiger partial charge on any atom is -0.462 e. The van der Waals surface area contributed by atoms with Crippen LogP contribution in [0.25, 0.3) is 0 Å². The Morgan fingerprint density at radius 3 is 1.09 bits per heavy atom. The van der Waals surface area contributed by atoms with E-state index in [9.17, 15) is 19.8 Å². The van der Waals surface area contributed by atoms with E-state index in [0.717, 1.165) is 44.9 Å². The van der Waals surface area contributed by atoms with Gasteiger partial charge in [0.2, 0.25) is 5.91 Å². The number of hydrogen-bond donors (Lipinski definition) is 3. The van der Waals surface area contributed by atoms with Gasteiger partial charge in [-0.1, -0.05) is 245 Å². The Balaban J connectivity index is 4.29. The number of aliphatic hydroxyl groups excluding tert-OH is 2. The zero-order chi connectivity index (χ0) is 41.0. The molecule has 0 aliphatic rings. The van der Waals surface area contributed by atoms with Crippen LogP contribution in [0.1, 0.15) is 284 Å². The molecule has 0 radical (unpaired) electrons. The third kappa shape index (κ3) is 39.7. The molecule has 6 nitrogen and oxygen atoms in total. The van der Waals surface area contributed by atoms with Crippen molar-refractivity contribution in [1.29, 1.82) is 0 Å². The monoisotopic (exact) mass is 794 g/mol. The maximum absolute atomic E-state index is 13.1. The van der Waals surface area contributed by atoms with Crippen LogP contribution in [0, 0.1) is 0 Å². The van der Waals surface area contributed by atoms with Gasteiger partial charge in [0.15, 0.2) is 0 Å². The normalized spacial score (nSPS) is 13.2. The summed E-state index contributed by atoms with van der Waals surface area (Å²) in [5, 5.41) is 23.7. The van der Waals surface area contributed by atoms with E-state index in [0.29, 0.717) is 19.3 Å². The molecule has 0 aromatic heterocycles. The van der Waals surface area contributed by atoms with E-state index in [1.165, 1.54) is 193 Å². The molecule has 0 saturated heterocycles. The SMILES string of the molecule is CCCCCCCCCCCCCCCCCCCC(O)C(CO)NC(=O)CC(CCCCCCCCC)OC(=O)CCCCCCCCCCCCCCC. The molecule has 3 unspecified atom stereocenters. The van der Waals surface area contributed by atoms with Gasteiger partial charge in [0.25, 0.3) is 0 Å². The third-order valence-corrected chi connectivity index (χ3v) is 11.9. The topological polar surface area (TPSA) is 95.9 Å². The van der Waals surface area contributed by atoms with Crippen molar-refractivity contribution in [2.45, 2.75) is 302 Å². The highest BCUT2D eigenvalue weighted by atomic mass is 16.5. The van der Waals surface area contributed by atoms with Crippen LogP contribution in [-0.2, 0) is 14.3 Å². The van der Waals surface area contributed by atoms with E-state index >= 15 is 0 Å². The molecule has 0 heterocycles. The maximum atomic E-state index is 13.1. The molecule has 0 bridgehead atoms. The first-order chi connectivity index (χ1) is 27.5. The summed E-state index contributed by atoms with van der Waals surface area (Å²) in [6.45, 7) is 6.48. The average molecular weight is 794 g/mol. The van der Waals surface area contributed by atoms with Gasteiger partial charge in [0.1, 0.15) is 6.10 Å². The summed E-state index contributed by atoms with van der Waals surface area (Å²) >= 11 is 0. The van der Waals surface area contributed by atoms with E-state index in [4.69, 9.17) is 4.74 Å². The second-order valence-electron chi connectivity index (χ2n) is 17.6. The van der Waals surface area contributed by atoms with Crippen LogP contribution in [0.5, 0.6) is 0 Å². The van der Waals surface area contributed by atoms with Crippen molar-refractivity contribution in [3.05, 3.63) is 0 Å². The van der Waals surface area contributed by atoms with Crippen LogP contribution in [0.15, 0.2) is 0 Å². The van der Waals surface area contributed by atoms with Crippen molar-refractivity contribution < 1.29 is 24.5 Å². The summed E-state index contributed by atoms with van der Waals surface area (Å²) in [5.74, 6) is -0.460. The van der Waals surface area contributed by atoms with Crippen molar-refractivity contribution in [3.63, 3.8) is 0 Å². The summed E-state index contributed by atoms with van der Waals surface area (Å²) in [6, 6.07) is -0.690. The third-order valence-electron chi connectivity index (χ3n) is 11.9. The number of aliphatic hydroxyl groups is 2. The zero-order valence-corrected chi connectivity index (χ0v) is 38.0. The molecule has 334 valence electrons. The molecule has 0 aromatic rings. The molecule has 0 fully saturated rings. The first-order valence-electron chi connectivity index (χ1n) is 25.3. The number of hydrogen-bond acceptors (Lipinski definition) is 5. The Hall–Kier alpha value is -1.14. The fourth-order valence-electron chi connectivity index (χ4n) is 8.08. The Bertz CT molecular complexity index is 806. The number of amides is 1. The molecule has 0 aliphatic heterocycles. The van der Waals surface area contributed by atoms with Gasteiger partial charge < -0.3 is 20.3 Å². The van der Waals surface area contributed by atoms with E-state index in [1.54, 1.807) is 0 Å². The van der Waals surface area contributed by atoms with E-state index in [1.807, 2.05) is 0 Å². The van der Waals surface area contributed by atoms with Crippen molar-refractivity contribution in [3.8, 4) is 0 Å². The van der Waals surface area contributed by atoms with E-state index in [2.05, 4.69) is 26.1 Å². The van der Waals surface area contributed by atoms with Gasteiger partial charge in [-0.05, 0) is 25.7 Å². The maximum Gasteiger partial charge on any atom is 0.306 e. The molecule has 0 spiro atoms. The van der Waals surface area contributed by atoms with E-state index in [-0.39, 0.29) is 24.9 Å². The van der Waals surface area contributed by atoms with Gasteiger partial charge in [-0.25, -0.2) is 0 Å². The van der Waals surface area contributed by atoms with E-state index < -0.39 is 18.2 Å². The summed E-state index contributed by atoms with van der Waals surface area (Å²) < 4.78 is 5.89. The fraction of sp³-hybridized carbons (Fsp3) is 0.960. The van der Waals surface area contributed by atoms with Crippen molar-refractivity contribution in [1.82, 2.24) is 5.32 Å². The molecular formula is C50H99NO5. The zero-order valence-electron chi connectivity index (χ0n) is 38.0. The Labute approximate surface area is 349 Å². The Kier molecular flexibility index (Phi) is 44.0.